The molecule has 0 aromatic heterocycles. The predicted octanol–water partition coefficient (Wildman–Crippen LogP) is 1.72. The maximum Gasteiger partial charge on any atom is 0.410 e. The Bertz CT molecular complexity index is 252. The first-order valence-corrected chi connectivity index (χ1v) is 6.81. The number of amides is 1. The third kappa shape index (κ3) is 3.87. The first-order chi connectivity index (χ1) is 7.33. The lowest BCUT2D eigenvalue weighted by Gasteiger charge is -2.35. The molecular weight excluding hydrogens is 226 g/mol. The second kappa shape index (κ2) is 5.27. The van der Waals surface area contributed by atoms with Gasteiger partial charge in [0.2, 0.25) is 0 Å². The molecule has 0 saturated carbocycles. The topological polar surface area (TPSA) is 49.8 Å². The standard InChI is InChI=1S/C11H21NO3S/c1-11(2,3)15-10(14)12-6-5-9(16-4)8(13)7-12/h8-9,13H,5-7H2,1-4H3. The lowest BCUT2D eigenvalue weighted by Crippen LogP contribution is -2.49. The second-order valence-corrected chi connectivity index (χ2v) is 6.13. The van der Waals surface area contributed by atoms with Crippen LogP contribution in [-0.2, 0) is 4.74 Å². The van der Waals surface area contributed by atoms with Gasteiger partial charge in [-0.15, -0.1) is 0 Å². The monoisotopic (exact) mass is 247 g/mol. The van der Waals surface area contributed by atoms with Gasteiger partial charge in [0.25, 0.3) is 0 Å². The molecule has 1 amide bonds. The summed E-state index contributed by atoms with van der Waals surface area (Å²) in [6.45, 7) is 6.57. The zero-order chi connectivity index (χ0) is 12.3. The molecule has 2 atom stereocenters. The van der Waals surface area contributed by atoms with Crippen LogP contribution in [0.4, 0.5) is 4.79 Å². The largest absolute Gasteiger partial charge is 0.444 e. The van der Waals surface area contributed by atoms with Gasteiger partial charge in [0.05, 0.1) is 12.6 Å². The van der Waals surface area contributed by atoms with Crippen LogP contribution in [0.15, 0.2) is 0 Å². The van der Waals surface area contributed by atoms with Crippen molar-refractivity contribution in [2.24, 2.45) is 0 Å². The highest BCUT2D eigenvalue weighted by Gasteiger charge is 2.31. The number of thioether (sulfide) groups is 1. The molecule has 94 valence electrons. The van der Waals surface area contributed by atoms with Gasteiger partial charge < -0.3 is 14.7 Å². The highest BCUT2D eigenvalue weighted by molar-refractivity contribution is 7.99. The van der Waals surface area contributed by atoms with Crippen LogP contribution in [0.2, 0.25) is 0 Å². The Morgan fingerprint density at radius 1 is 1.50 bits per heavy atom. The van der Waals surface area contributed by atoms with Crippen LogP contribution in [0, 0.1) is 0 Å². The minimum atomic E-state index is -0.474. The van der Waals surface area contributed by atoms with Crippen LogP contribution in [0.25, 0.3) is 0 Å². The molecule has 2 unspecified atom stereocenters. The molecule has 1 heterocycles. The van der Waals surface area contributed by atoms with Gasteiger partial charge in [-0.05, 0) is 33.4 Å². The van der Waals surface area contributed by atoms with Crippen LogP contribution in [0.5, 0.6) is 0 Å². The van der Waals surface area contributed by atoms with Crippen molar-refractivity contribution < 1.29 is 14.6 Å². The van der Waals surface area contributed by atoms with Crippen molar-refractivity contribution >= 4 is 17.9 Å². The molecule has 1 rings (SSSR count). The number of hydrogen-bond acceptors (Lipinski definition) is 4. The summed E-state index contributed by atoms with van der Waals surface area (Å²) < 4.78 is 5.26. The summed E-state index contributed by atoms with van der Waals surface area (Å²) >= 11 is 1.65. The molecule has 0 aromatic rings. The average Bonchev–Trinajstić information content (AvgIpc) is 2.15. The minimum Gasteiger partial charge on any atom is -0.444 e. The molecule has 0 radical (unpaired) electrons. The van der Waals surface area contributed by atoms with Gasteiger partial charge in [-0.25, -0.2) is 4.79 Å². The molecule has 16 heavy (non-hydrogen) atoms. The Morgan fingerprint density at radius 3 is 2.56 bits per heavy atom. The van der Waals surface area contributed by atoms with E-state index in [4.69, 9.17) is 4.74 Å². The van der Waals surface area contributed by atoms with E-state index in [0.717, 1.165) is 6.42 Å². The fraction of sp³-hybridized carbons (Fsp3) is 0.909. The van der Waals surface area contributed by atoms with E-state index in [1.54, 1.807) is 16.7 Å². The lowest BCUT2D eigenvalue weighted by molar-refractivity contribution is 0.00540. The number of β-amino-alcohol motifs (C(OH)–C–C–N with tert-alkyl or cyclic N) is 1. The van der Waals surface area contributed by atoms with E-state index in [9.17, 15) is 9.90 Å². The summed E-state index contributed by atoms with van der Waals surface area (Å²) in [5.74, 6) is 0. The minimum absolute atomic E-state index is 0.235. The number of rotatable bonds is 1. The molecule has 1 saturated heterocycles. The van der Waals surface area contributed by atoms with Crippen molar-refractivity contribution in [3.8, 4) is 0 Å². The van der Waals surface area contributed by atoms with Crippen LogP contribution >= 0.6 is 11.8 Å². The van der Waals surface area contributed by atoms with Gasteiger partial charge in [0.15, 0.2) is 0 Å². The maximum atomic E-state index is 11.7. The molecule has 1 aliphatic heterocycles. The van der Waals surface area contributed by atoms with Crippen LogP contribution in [0.3, 0.4) is 0 Å². The van der Waals surface area contributed by atoms with E-state index in [-0.39, 0.29) is 11.3 Å². The average molecular weight is 247 g/mol. The van der Waals surface area contributed by atoms with Gasteiger partial charge in [-0.3, -0.25) is 0 Å². The molecule has 0 aromatic carbocycles. The van der Waals surface area contributed by atoms with E-state index in [0.29, 0.717) is 13.1 Å². The van der Waals surface area contributed by atoms with Crippen molar-refractivity contribution in [3.05, 3.63) is 0 Å². The number of piperidine rings is 1. The molecule has 4 nitrogen and oxygen atoms in total. The van der Waals surface area contributed by atoms with Crippen molar-refractivity contribution in [1.82, 2.24) is 4.90 Å². The summed E-state index contributed by atoms with van der Waals surface area (Å²) in [6, 6.07) is 0. The van der Waals surface area contributed by atoms with Gasteiger partial charge in [-0.1, -0.05) is 0 Å². The van der Waals surface area contributed by atoms with Gasteiger partial charge in [0.1, 0.15) is 5.60 Å². The van der Waals surface area contributed by atoms with Crippen molar-refractivity contribution in [3.63, 3.8) is 0 Å². The van der Waals surface area contributed by atoms with Gasteiger partial charge in [-0.2, -0.15) is 11.8 Å². The SMILES string of the molecule is CSC1CCN(C(=O)OC(C)(C)C)CC1O. The number of aliphatic hydroxyl groups excluding tert-OH is 1. The number of hydrogen-bond donors (Lipinski definition) is 1. The Morgan fingerprint density at radius 2 is 2.12 bits per heavy atom. The molecule has 1 N–H and O–H groups in total. The number of ether oxygens (including phenoxy) is 1. The van der Waals surface area contributed by atoms with Crippen molar-refractivity contribution in [2.45, 2.75) is 44.1 Å². The van der Waals surface area contributed by atoms with Crippen LogP contribution in [-0.4, -0.2) is 52.4 Å². The zero-order valence-corrected chi connectivity index (χ0v) is 11.2. The highest BCUT2D eigenvalue weighted by Crippen LogP contribution is 2.22. The third-order valence-electron chi connectivity index (χ3n) is 2.47. The molecule has 1 fully saturated rings. The Kier molecular flexibility index (Phi) is 4.50. The number of nitrogens with zero attached hydrogens (tertiary/aromatic N) is 1. The maximum absolute atomic E-state index is 11.7. The van der Waals surface area contributed by atoms with E-state index in [2.05, 4.69) is 0 Å². The fourth-order valence-electron chi connectivity index (χ4n) is 1.68. The quantitative estimate of drug-likeness (QED) is 0.766. The second-order valence-electron chi connectivity index (χ2n) is 5.06. The summed E-state index contributed by atoms with van der Waals surface area (Å²) in [6.07, 6.45) is 2.03. The molecule has 1 aliphatic rings. The van der Waals surface area contributed by atoms with E-state index >= 15 is 0 Å². The van der Waals surface area contributed by atoms with E-state index in [1.165, 1.54) is 0 Å². The first kappa shape index (κ1) is 13.6. The smallest absolute Gasteiger partial charge is 0.410 e. The summed E-state index contributed by atoms with van der Waals surface area (Å²) in [5.41, 5.74) is -0.474. The molecule has 0 bridgehead atoms. The van der Waals surface area contributed by atoms with Crippen LogP contribution < -0.4 is 0 Å². The third-order valence-corrected chi connectivity index (χ3v) is 3.63. The van der Waals surface area contributed by atoms with Crippen molar-refractivity contribution in [2.75, 3.05) is 19.3 Å². The highest BCUT2D eigenvalue weighted by atomic mass is 32.2. The van der Waals surface area contributed by atoms with E-state index in [1.807, 2.05) is 27.0 Å². The fourth-order valence-corrected chi connectivity index (χ4v) is 2.42. The molecule has 5 heteroatoms. The Balaban J connectivity index is 2.48. The molecule has 0 spiro atoms. The van der Waals surface area contributed by atoms with Gasteiger partial charge >= 0.3 is 6.09 Å². The van der Waals surface area contributed by atoms with Crippen LogP contribution in [0.1, 0.15) is 27.2 Å². The number of likely N-dealkylation sites (tertiary alicyclic amines) is 1. The molecule has 0 aliphatic carbocycles. The number of aliphatic hydroxyl groups is 1. The first-order valence-electron chi connectivity index (χ1n) is 5.52. The Hall–Kier alpha value is -0.420. The molecular formula is C11H21NO3S. The zero-order valence-electron chi connectivity index (χ0n) is 10.4. The summed E-state index contributed by atoms with van der Waals surface area (Å²) in [5, 5.41) is 10.1. The number of carbonyl (C=O) groups excluding carboxylic acids is 1. The predicted molar refractivity (Wildman–Crippen MR) is 65.7 cm³/mol. The number of carbonyl (C=O) groups is 1. The summed E-state index contributed by atoms with van der Waals surface area (Å²) in [4.78, 5) is 13.3. The summed E-state index contributed by atoms with van der Waals surface area (Å²) in [7, 11) is 0. The van der Waals surface area contributed by atoms with E-state index < -0.39 is 11.7 Å². The lowest BCUT2D eigenvalue weighted by atomic mass is 10.1. The normalized spacial score (nSPS) is 26.7. The Labute approximate surface area is 101 Å². The van der Waals surface area contributed by atoms with Gasteiger partial charge in [0, 0.05) is 11.8 Å². The van der Waals surface area contributed by atoms with Crippen molar-refractivity contribution in [1.29, 1.82) is 0 Å².